The molecule has 0 saturated heterocycles. The molecule has 1 atom stereocenters. The Morgan fingerprint density at radius 1 is 1.21 bits per heavy atom. The number of nitrogens with one attached hydrogen (secondary N) is 1. The van der Waals surface area contributed by atoms with Crippen LogP contribution in [0.3, 0.4) is 0 Å². The van der Waals surface area contributed by atoms with Crippen LogP contribution in [-0.4, -0.2) is 24.8 Å². The Morgan fingerprint density at radius 2 is 1.96 bits per heavy atom. The van der Waals surface area contributed by atoms with Gasteiger partial charge in [-0.1, -0.05) is 29.8 Å². The van der Waals surface area contributed by atoms with Crippen molar-refractivity contribution in [2.75, 3.05) is 5.32 Å². The minimum Gasteiger partial charge on any atom is -0.306 e. The van der Waals surface area contributed by atoms with Gasteiger partial charge in [0.1, 0.15) is 10.8 Å². The van der Waals surface area contributed by atoms with Gasteiger partial charge in [0.05, 0.1) is 27.8 Å². The van der Waals surface area contributed by atoms with Crippen LogP contribution in [0.1, 0.15) is 21.6 Å². The van der Waals surface area contributed by atoms with Gasteiger partial charge in [-0.3, -0.25) is 19.1 Å². The Kier molecular flexibility index (Phi) is 4.70. The maximum absolute atomic E-state index is 12.8. The van der Waals surface area contributed by atoms with Crippen LogP contribution in [0.15, 0.2) is 48.5 Å². The quantitative estimate of drug-likeness (QED) is 0.517. The number of anilines is 1. The van der Waals surface area contributed by atoms with Crippen LogP contribution < -0.4 is 5.32 Å². The predicted octanol–water partition coefficient (Wildman–Crippen LogP) is 3.45. The predicted molar refractivity (Wildman–Crippen MR) is 105 cm³/mol. The summed E-state index contributed by atoms with van der Waals surface area (Å²) in [5, 5.41) is 18.3. The lowest BCUT2D eigenvalue weighted by Crippen LogP contribution is -2.16. The fourth-order valence-corrected chi connectivity index (χ4v) is 4.44. The van der Waals surface area contributed by atoms with Crippen molar-refractivity contribution in [3.05, 3.63) is 80.5 Å². The summed E-state index contributed by atoms with van der Waals surface area (Å²) in [4.78, 5) is 23.2. The lowest BCUT2D eigenvalue weighted by molar-refractivity contribution is -0.384. The van der Waals surface area contributed by atoms with Crippen LogP contribution in [0.2, 0.25) is 5.02 Å². The Balaban J connectivity index is 1.74. The molecule has 3 aromatic rings. The molecule has 0 radical (unpaired) electrons. The van der Waals surface area contributed by atoms with Crippen molar-refractivity contribution in [2.45, 2.75) is 11.5 Å². The first-order chi connectivity index (χ1) is 13.4. The van der Waals surface area contributed by atoms with Crippen LogP contribution in [0.25, 0.3) is 5.69 Å². The maximum Gasteiger partial charge on any atom is 0.288 e. The van der Waals surface area contributed by atoms with Crippen molar-refractivity contribution in [3.8, 4) is 5.69 Å². The highest BCUT2D eigenvalue weighted by Crippen LogP contribution is 2.32. The van der Waals surface area contributed by atoms with E-state index in [1.54, 1.807) is 4.68 Å². The van der Waals surface area contributed by atoms with E-state index in [9.17, 15) is 19.1 Å². The zero-order valence-electron chi connectivity index (χ0n) is 14.3. The fourth-order valence-electron chi connectivity index (χ4n) is 2.99. The highest BCUT2D eigenvalue weighted by Gasteiger charge is 2.29. The monoisotopic (exact) mass is 416 g/mol. The summed E-state index contributed by atoms with van der Waals surface area (Å²) < 4.78 is 13.5. The number of para-hydroxylation sites is 1. The van der Waals surface area contributed by atoms with E-state index in [-0.39, 0.29) is 16.3 Å². The molecule has 1 aliphatic heterocycles. The summed E-state index contributed by atoms with van der Waals surface area (Å²) >= 11 is 5.82. The molecular formula is C18H13ClN4O4S. The minimum absolute atomic E-state index is 0.0489. The maximum atomic E-state index is 12.8. The molecule has 1 amide bonds. The fraction of sp³-hybridized carbons (Fsp3) is 0.111. The molecule has 0 fully saturated rings. The second-order valence-electron chi connectivity index (χ2n) is 6.13. The molecular weight excluding hydrogens is 404 g/mol. The third-order valence-electron chi connectivity index (χ3n) is 4.31. The first-order valence-corrected chi connectivity index (χ1v) is 10.1. The number of carbonyl (C=O) groups excluding carboxylic acids is 1. The summed E-state index contributed by atoms with van der Waals surface area (Å²) in [5.41, 5.74) is 1.85. The van der Waals surface area contributed by atoms with E-state index in [2.05, 4.69) is 10.4 Å². The van der Waals surface area contributed by atoms with Gasteiger partial charge in [0.2, 0.25) is 0 Å². The lowest BCUT2D eigenvalue weighted by Gasteiger charge is -2.11. The number of fused-ring (bicyclic) bond motifs is 1. The Hall–Kier alpha value is -3.04. The smallest absolute Gasteiger partial charge is 0.288 e. The molecule has 4 rings (SSSR count). The van der Waals surface area contributed by atoms with E-state index in [1.807, 2.05) is 30.3 Å². The number of hydrogen-bond donors (Lipinski definition) is 1. The van der Waals surface area contributed by atoms with Crippen molar-refractivity contribution in [3.63, 3.8) is 0 Å². The molecule has 0 spiro atoms. The normalized spacial score (nSPS) is 15.2. The molecule has 10 heteroatoms. The van der Waals surface area contributed by atoms with Crippen molar-refractivity contribution in [1.82, 2.24) is 9.78 Å². The van der Waals surface area contributed by atoms with Gasteiger partial charge in [-0.25, -0.2) is 4.68 Å². The van der Waals surface area contributed by atoms with Crippen molar-refractivity contribution in [2.24, 2.45) is 0 Å². The molecule has 28 heavy (non-hydrogen) atoms. The van der Waals surface area contributed by atoms with Gasteiger partial charge >= 0.3 is 0 Å². The topological polar surface area (TPSA) is 107 Å². The summed E-state index contributed by atoms with van der Waals surface area (Å²) in [6, 6.07) is 13.1. The third kappa shape index (κ3) is 3.30. The van der Waals surface area contributed by atoms with Crippen molar-refractivity contribution in [1.29, 1.82) is 0 Å². The van der Waals surface area contributed by atoms with E-state index in [0.717, 1.165) is 11.8 Å². The molecule has 1 aliphatic rings. The first-order valence-electron chi connectivity index (χ1n) is 8.20. The van der Waals surface area contributed by atoms with Gasteiger partial charge in [0, 0.05) is 28.0 Å². The summed E-state index contributed by atoms with van der Waals surface area (Å²) in [7, 11) is -1.07. The van der Waals surface area contributed by atoms with E-state index in [0.29, 0.717) is 28.6 Å². The zero-order valence-corrected chi connectivity index (χ0v) is 15.9. The number of amides is 1. The molecule has 1 N–H and O–H groups in total. The largest absolute Gasteiger partial charge is 0.306 e. The standard InChI is InChI=1S/C18H13ClN4O4S/c19-14-7-6-11(8-16(14)23(25)26)18(24)20-17-13-9-28(27)10-15(13)21-22(17)12-4-2-1-3-5-12/h1-8H,9-10H2,(H,20,24)/t28-/m1/s1. The lowest BCUT2D eigenvalue weighted by atomic mass is 10.2. The Labute approximate surface area is 166 Å². The SMILES string of the molecule is O=C(Nc1c2c(nn1-c1ccccc1)C[S@](=O)C2)c1ccc(Cl)c([N+](=O)[O-])c1. The minimum atomic E-state index is -1.07. The molecule has 8 nitrogen and oxygen atoms in total. The number of carbonyl (C=O) groups is 1. The van der Waals surface area contributed by atoms with Gasteiger partial charge in [-0.05, 0) is 24.3 Å². The Morgan fingerprint density at radius 3 is 2.68 bits per heavy atom. The van der Waals surface area contributed by atoms with Gasteiger partial charge in [-0.2, -0.15) is 5.10 Å². The summed E-state index contributed by atoms with van der Waals surface area (Å²) in [6.45, 7) is 0. The van der Waals surface area contributed by atoms with Crippen LogP contribution in [0, 0.1) is 10.1 Å². The average Bonchev–Trinajstić information content (AvgIpc) is 3.19. The number of hydrogen-bond acceptors (Lipinski definition) is 5. The molecule has 2 heterocycles. The molecule has 0 unspecified atom stereocenters. The number of halogens is 1. The second kappa shape index (κ2) is 7.17. The number of rotatable bonds is 4. The van der Waals surface area contributed by atoms with Gasteiger partial charge in [0.15, 0.2) is 0 Å². The molecule has 0 bridgehead atoms. The number of benzene rings is 2. The van der Waals surface area contributed by atoms with Crippen LogP contribution in [0.5, 0.6) is 0 Å². The van der Waals surface area contributed by atoms with Gasteiger partial charge in [-0.15, -0.1) is 0 Å². The van der Waals surface area contributed by atoms with E-state index >= 15 is 0 Å². The van der Waals surface area contributed by atoms with Crippen molar-refractivity contribution < 1.29 is 13.9 Å². The van der Waals surface area contributed by atoms with Gasteiger partial charge in [0.25, 0.3) is 11.6 Å². The molecule has 1 aromatic heterocycles. The molecule has 142 valence electrons. The third-order valence-corrected chi connectivity index (χ3v) is 5.83. The average molecular weight is 417 g/mol. The van der Waals surface area contributed by atoms with E-state index < -0.39 is 21.6 Å². The van der Waals surface area contributed by atoms with Crippen LogP contribution in [0.4, 0.5) is 11.5 Å². The highest BCUT2D eigenvalue weighted by molar-refractivity contribution is 7.83. The van der Waals surface area contributed by atoms with Gasteiger partial charge < -0.3 is 5.32 Å². The molecule has 0 saturated carbocycles. The Bertz CT molecular complexity index is 1130. The number of nitrogens with zero attached hydrogens (tertiary/aromatic N) is 3. The molecule has 2 aromatic carbocycles. The first kappa shape index (κ1) is 18.3. The summed E-state index contributed by atoms with van der Waals surface area (Å²) in [5.74, 6) is 0.482. The summed E-state index contributed by atoms with van der Waals surface area (Å²) in [6.07, 6.45) is 0. The van der Waals surface area contributed by atoms with Crippen LogP contribution >= 0.6 is 11.6 Å². The van der Waals surface area contributed by atoms with E-state index in [1.165, 1.54) is 12.1 Å². The second-order valence-corrected chi connectivity index (χ2v) is 7.99. The van der Waals surface area contributed by atoms with E-state index in [4.69, 9.17) is 11.6 Å². The zero-order chi connectivity index (χ0) is 19.8. The number of nitro benzene ring substituents is 1. The molecule has 0 aliphatic carbocycles. The van der Waals surface area contributed by atoms with Crippen LogP contribution in [-0.2, 0) is 22.3 Å². The highest BCUT2D eigenvalue weighted by atomic mass is 35.5. The van der Waals surface area contributed by atoms with Crippen molar-refractivity contribution >= 4 is 39.8 Å². The number of aromatic nitrogens is 2. The number of nitro groups is 1.